The van der Waals surface area contributed by atoms with Crippen molar-refractivity contribution in [3.63, 3.8) is 0 Å². The Kier molecular flexibility index (Phi) is 9.51. The molecular weight excluding hydrogens is 270 g/mol. The quantitative estimate of drug-likeness (QED) is 0.806. The molecule has 0 saturated heterocycles. The van der Waals surface area contributed by atoms with Crippen molar-refractivity contribution >= 4 is 9.84 Å². The van der Waals surface area contributed by atoms with Gasteiger partial charge in [-0.15, -0.1) is 0 Å². The molecule has 0 bridgehead atoms. The number of benzene rings is 1. The van der Waals surface area contributed by atoms with Crippen LogP contribution in [0.1, 0.15) is 39.7 Å². The van der Waals surface area contributed by atoms with E-state index < -0.39 is 9.84 Å². The van der Waals surface area contributed by atoms with Gasteiger partial charge in [0.1, 0.15) is 0 Å². The van der Waals surface area contributed by atoms with Crippen molar-refractivity contribution < 1.29 is 8.42 Å². The highest BCUT2D eigenvalue weighted by Gasteiger charge is 2.11. The summed E-state index contributed by atoms with van der Waals surface area (Å²) in [6.07, 6.45) is 0.663. The van der Waals surface area contributed by atoms with Gasteiger partial charge in [0.2, 0.25) is 0 Å². The van der Waals surface area contributed by atoms with E-state index in [1.165, 1.54) is 19.6 Å². The minimum absolute atomic E-state index is 0.232. The number of nitrogens with zero attached hydrogens (tertiary/aromatic N) is 1. The highest BCUT2D eigenvalue weighted by atomic mass is 32.2. The molecule has 20 heavy (non-hydrogen) atoms. The Hall–Kier alpha value is -0.870. The largest absolute Gasteiger partial charge is 0.304 e. The van der Waals surface area contributed by atoms with Gasteiger partial charge in [-0.2, -0.15) is 0 Å². The van der Waals surface area contributed by atoms with Crippen LogP contribution >= 0.6 is 0 Å². The minimum Gasteiger partial charge on any atom is -0.304 e. The molecule has 0 spiro atoms. The number of hydrogen-bond acceptors (Lipinski definition) is 3. The molecule has 0 heterocycles. The Labute approximate surface area is 124 Å². The molecule has 4 heteroatoms. The maximum Gasteiger partial charge on any atom is 0.178 e. The maximum absolute atomic E-state index is 11.5. The summed E-state index contributed by atoms with van der Waals surface area (Å²) in [7, 11) is -3.03. The van der Waals surface area contributed by atoms with E-state index in [0.29, 0.717) is 11.3 Å². The molecule has 0 fully saturated rings. The molecule has 0 saturated carbocycles. The molecule has 0 aromatic heterocycles. The predicted molar refractivity (Wildman–Crippen MR) is 87.0 cm³/mol. The molecule has 3 nitrogen and oxygen atoms in total. The summed E-state index contributed by atoms with van der Waals surface area (Å²) < 4.78 is 23.1. The summed E-state index contributed by atoms with van der Waals surface area (Å²) in [5.74, 6) is 0.232. The third-order valence-electron chi connectivity index (χ3n) is 3.19. The minimum atomic E-state index is -3.03. The van der Waals surface area contributed by atoms with Gasteiger partial charge in [-0.05, 0) is 45.1 Å². The lowest BCUT2D eigenvalue weighted by molar-refractivity contribution is 0.321. The van der Waals surface area contributed by atoms with Gasteiger partial charge >= 0.3 is 0 Å². The van der Waals surface area contributed by atoms with Crippen molar-refractivity contribution in [2.75, 3.05) is 25.4 Å². The molecule has 0 radical (unpaired) electrons. The number of sulfone groups is 1. The summed E-state index contributed by atoms with van der Waals surface area (Å²) in [5.41, 5.74) is 1.08. The van der Waals surface area contributed by atoms with Gasteiger partial charge in [0.15, 0.2) is 9.84 Å². The van der Waals surface area contributed by atoms with Crippen molar-refractivity contribution in [1.82, 2.24) is 4.90 Å². The second-order valence-electron chi connectivity index (χ2n) is 4.75. The number of hydrogen-bond donors (Lipinski definition) is 0. The summed E-state index contributed by atoms with van der Waals surface area (Å²) in [6.45, 7) is 13.9. The van der Waals surface area contributed by atoms with Crippen LogP contribution in [0.2, 0.25) is 0 Å². The van der Waals surface area contributed by atoms with Gasteiger partial charge in [-0.25, -0.2) is 8.42 Å². The zero-order valence-electron chi connectivity index (χ0n) is 13.5. The maximum atomic E-state index is 11.5. The zero-order chi connectivity index (χ0) is 15.6. The summed E-state index contributed by atoms with van der Waals surface area (Å²) in [4.78, 5) is 2.81. The molecule has 0 N–H and O–H groups in total. The smallest absolute Gasteiger partial charge is 0.178 e. The van der Waals surface area contributed by atoms with E-state index in [-0.39, 0.29) is 5.75 Å². The lowest BCUT2D eigenvalue weighted by Gasteiger charge is -2.13. The van der Waals surface area contributed by atoms with Crippen LogP contribution in [0, 0.1) is 6.92 Å². The topological polar surface area (TPSA) is 37.4 Å². The third kappa shape index (κ3) is 7.06. The molecule has 116 valence electrons. The molecule has 1 aromatic carbocycles. The summed E-state index contributed by atoms with van der Waals surface area (Å²) in [6, 6.07) is 6.98. The van der Waals surface area contributed by atoms with Gasteiger partial charge in [-0.1, -0.05) is 45.4 Å². The summed E-state index contributed by atoms with van der Waals surface area (Å²) in [5, 5.41) is 0. The van der Waals surface area contributed by atoms with Crippen LogP contribution in [0.4, 0.5) is 0 Å². The zero-order valence-corrected chi connectivity index (χ0v) is 14.3. The highest BCUT2D eigenvalue weighted by molar-refractivity contribution is 7.91. The monoisotopic (exact) mass is 299 g/mol. The van der Waals surface area contributed by atoms with E-state index in [2.05, 4.69) is 25.7 Å². The van der Waals surface area contributed by atoms with Gasteiger partial charge in [0, 0.05) is 0 Å². The Morgan fingerprint density at radius 1 is 0.900 bits per heavy atom. The van der Waals surface area contributed by atoms with Crippen LogP contribution in [-0.4, -0.2) is 38.7 Å². The Morgan fingerprint density at radius 2 is 1.35 bits per heavy atom. The van der Waals surface area contributed by atoms with Crippen LogP contribution < -0.4 is 0 Å². The van der Waals surface area contributed by atoms with Gasteiger partial charge < -0.3 is 4.90 Å². The highest BCUT2D eigenvalue weighted by Crippen LogP contribution is 2.12. The third-order valence-corrected chi connectivity index (χ3v) is 5.13. The molecule has 0 amide bonds. The standard InChI is InChI=1S/C10H14O2S.C6H15N/c1-3-8-13(11,12)10-6-4-9(2)5-7-10;1-4-7(5-2)6-3/h4-7H,3,8H2,1-2H3;4-6H2,1-3H3. The van der Waals surface area contributed by atoms with Gasteiger partial charge in [0.25, 0.3) is 0 Å². The Bertz CT molecular complexity index is 442. The van der Waals surface area contributed by atoms with E-state index in [1.54, 1.807) is 12.1 Å². The van der Waals surface area contributed by atoms with Crippen LogP contribution in [0.25, 0.3) is 0 Å². The molecule has 0 aliphatic rings. The fourth-order valence-electron chi connectivity index (χ4n) is 1.80. The average Bonchev–Trinajstić information content (AvgIpc) is 2.42. The fourth-order valence-corrected chi connectivity index (χ4v) is 3.13. The van der Waals surface area contributed by atoms with Crippen molar-refractivity contribution in [3.05, 3.63) is 29.8 Å². The molecule has 1 rings (SSSR count). The fraction of sp³-hybridized carbons (Fsp3) is 0.625. The lowest BCUT2D eigenvalue weighted by Crippen LogP contribution is -2.21. The van der Waals surface area contributed by atoms with Crippen LogP contribution in [0.5, 0.6) is 0 Å². The number of rotatable bonds is 6. The average molecular weight is 299 g/mol. The second kappa shape index (κ2) is 9.94. The van der Waals surface area contributed by atoms with Crippen LogP contribution in [0.3, 0.4) is 0 Å². The normalized spacial score (nSPS) is 11.1. The van der Waals surface area contributed by atoms with Gasteiger partial charge in [-0.3, -0.25) is 0 Å². The lowest BCUT2D eigenvalue weighted by atomic mass is 10.2. The van der Waals surface area contributed by atoms with E-state index in [4.69, 9.17) is 0 Å². The van der Waals surface area contributed by atoms with Crippen molar-refractivity contribution in [1.29, 1.82) is 0 Å². The number of aryl methyl sites for hydroxylation is 1. The molecule has 1 aromatic rings. The van der Waals surface area contributed by atoms with Crippen LogP contribution in [-0.2, 0) is 9.84 Å². The van der Waals surface area contributed by atoms with E-state index in [9.17, 15) is 8.42 Å². The van der Waals surface area contributed by atoms with Crippen molar-refractivity contribution in [2.24, 2.45) is 0 Å². The molecule has 0 aliphatic heterocycles. The first-order chi connectivity index (χ1) is 9.41. The summed E-state index contributed by atoms with van der Waals surface area (Å²) >= 11 is 0. The van der Waals surface area contributed by atoms with E-state index >= 15 is 0 Å². The molecular formula is C16H29NO2S. The Morgan fingerprint density at radius 3 is 1.65 bits per heavy atom. The predicted octanol–water partition coefficient (Wildman–Crippen LogP) is 3.53. The molecule has 0 atom stereocenters. The second-order valence-corrected chi connectivity index (χ2v) is 6.86. The van der Waals surface area contributed by atoms with Crippen molar-refractivity contribution in [2.45, 2.75) is 45.9 Å². The first-order valence-corrected chi connectivity index (χ1v) is 9.08. The van der Waals surface area contributed by atoms with Gasteiger partial charge in [0.05, 0.1) is 10.6 Å². The van der Waals surface area contributed by atoms with Crippen molar-refractivity contribution in [3.8, 4) is 0 Å². The molecule has 0 aliphatic carbocycles. The van der Waals surface area contributed by atoms with E-state index in [1.807, 2.05) is 26.0 Å². The molecule has 0 unspecified atom stereocenters. The first-order valence-electron chi connectivity index (χ1n) is 7.42. The first kappa shape index (κ1) is 19.1. The van der Waals surface area contributed by atoms with E-state index in [0.717, 1.165) is 5.56 Å². The Balaban J connectivity index is 0.000000441. The van der Waals surface area contributed by atoms with Crippen LogP contribution in [0.15, 0.2) is 29.2 Å². The SMILES string of the molecule is CCCS(=O)(=O)c1ccc(C)cc1.CCN(CC)CC.